The van der Waals surface area contributed by atoms with Gasteiger partial charge in [0.25, 0.3) is 0 Å². The number of carbonyl (C=O) groups excluding carboxylic acids is 1. The summed E-state index contributed by atoms with van der Waals surface area (Å²) < 4.78 is 5.25. The van der Waals surface area contributed by atoms with Gasteiger partial charge in [0.15, 0.2) is 0 Å². The average molecular weight is 244 g/mol. The van der Waals surface area contributed by atoms with E-state index < -0.39 is 5.97 Å². The van der Waals surface area contributed by atoms with Gasteiger partial charge in [0.2, 0.25) is 0 Å². The van der Waals surface area contributed by atoms with E-state index >= 15 is 0 Å². The quantitative estimate of drug-likeness (QED) is 0.745. The van der Waals surface area contributed by atoms with E-state index in [1.165, 1.54) is 4.90 Å². The van der Waals surface area contributed by atoms with E-state index in [-0.39, 0.29) is 18.6 Å². The number of hydrogen-bond donors (Lipinski definition) is 2. The Morgan fingerprint density at radius 3 is 2.82 bits per heavy atom. The number of urea groups is 1. The number of rotatable bonds is 5. The normalized spacial score (nSPS) is 19.7. The smallest absolute Gasteiger partial charge is 0.323 e. The molecule has 0 radical (unpaired) electrons. The fraction of sp³-hybridized carbons (Fsp3) is 0.818. The molecule has 6 heteroatoms. The minimum absolute atomic E-state index is 0.00408. The molecule has 1 rings (SSSR count). The predicted molar refractivity (Wildman–Crippen MR) is 61.9 cm³/mol. The van der Waals surface area contributed by atoms with E-state index in [2.05, 4.69) is 5.32 Å². The van der Waals surface area contributed by atoms with Crippen molar-refractivity contribution >= 4 is 12.0 Å². The highest BCUT2D eigenvalue weighted by Crippen LogP contribution is 2.06. The van der Waals surface area contributed by atoms with Crippen LogP contribution in [0.3, 0.4) is 0 Å². The summed E-state index contributed by atoms with van der Waals surface area (Å²) in [5.41, 5.74) is 0. The summed E-state index contributed by atoms with van der Waals surface area (Å²) in [5.74, 6) is -0.992. The Hall–Kier alpha value is -1.30. The van der Waals surface area contributed by atoms with E-state index in [0.29, 0.717) is 13.2 Å². The van der Waals surface area contributed by atoms with Crippen molar-refractivity contribution in [3.8, 4) is 0 Å². The lowest BCUT2D eigenvalue weighted by Gasteiger charge is -2.27. The average Bonchev–Trinajstić information content (AvgIpc) is 2.29. The molecule has 6 nitrogen and oxygen atoms in total. The second kappa shape index (κ2) is 7.11. The van der Waals surface area contributed by atoms with Gasteiger partial charge >= 0.3 is 12.0 Å². The highest BCUT2D eigenvalue weighted by Gasteiger charge is 2.21. The standard InChI is InChI=1S/C11H20N2O4/c1-2-5-13(7-10(14)15)11(16)12-9-4-3-6-17-8-9/h9H,2-8H2,1H3,(H,12,16)(H,14,15). The third-order valence-electron chi connectivity index (χ3n) is 2.59. The molecule has 1 atom stereocenters. The zero-order chi connectivity index (χ0) is 12.7. The molecule has 98 valence electrons. The van der Waals surface area contributed by atoms with Crippen molar-refractivity contribution in [3.05, 3.63) is 0 Å². The molecule has 1 unspecified atom stereocenters. The summed E-state index contributed by atoms with van der Waals surface area (Å²) in [6, 6.07) is -0.311. The molecule has 0 aromatic carbocycles. The molecule has 0 aliphatic carbocycles. The maximum absolute atomic E-state index is 11.8. The van der Waals surface area contributed by atoms with Gasteiger partial charge in [-0.1, -0.05) is 6.92 Å². The lowest BCUT2D eigenvalue weighted by molar-refractivity contribution is -0.137. The monoisotopic (exact) mass is 244 g/mol. The number of carbonyl (C=O) groups is 2. The van der Waals surface area contributed by atoms with Crippen LogP contribution in [0.25, 0.3) is 0 Å². The number of carboxylic acids is 1. The number of amides is 2. The van der Waals surface area contributed by atoms with Crippen LogP contribution >= 0.6 is 0 Å². The van der Waals surface area contributed by atoms with Crippen LogP contribution in [-0.4, -0.2) is 54.4 Å². The maximum atomic E-state index is 11.8. The molecule has 0 spiro atoms. The van der Waals surface area contributed by atoms with Gasteiger partial charge in [-0.2, -0.15) is 0 Å². The van der Waals surface area contributed by atoms with Gasteiger partial charge < -0.3 is 20.1 Å². The highest BCUT2D eigenvalue weighted by molar-refractivity contribution is 5.80. The van der Waals surface area contributed by atoms with Crippen molar-refractivity contribution in [2.24, 2.45) is 0 Å². The fourth-order valence-electron chi connectivity index (χ4n) is 1.81. The topological polar surface area (TPSA) is 78.9 Å². The first kappa shape index (κ1) is 13.8. The Bertz CT molecular complexity index is 264. The van der Waals surface area contributed by atoms with E-state index in [0.717, 1.165) is 25.9 Å². The van der Waals surface area contributed by atoms with Gasteiger partial charge in [0, 0.05) is 13.2 Å². The molecule has 2 N–H and O–H groups in total. The molecule has 0 aromatic rings. The first-order chi connectivity index (χ1) is 8.13. The van der Waals surface area contributed by atoms with Crippen molar-refractivity contribution in [2.45, 2.75) is 32.2 Å². The first-order valence-electron chi connectivity index (χ1n) is 5.98. The highest BCUT2D eigenvalue weighted by atomic mass is 16.5. The van der Waals surface area contributed by atoms with E-state index in [1.807, 2.05) is 6.92 Å². The Kier molecular flexibility index (Phi) is 5.76. The molecule has 1 saturated heterocycles. The Morgan fingerprint density at radius 2 is 2.29 bits per heavy atom. The molecule has 1 fully saturated rings. The summed E-state index contributed by atoms with van der Waals surface area (Å²) in [6.07, 6.45) is 2.55. The van der Waals surface area contributed by atoms with Crippen LogP contribution in [0.5, 0.6) is 0 Å². The third kappa shape index (κ3) is 5.04. The van der Waals surface area contributed by atoms with Crippen molar-refractivity contribution in [1.82, 2.24) is 10.2 Å². The molecule has 2 amide bonds. The number of carboxylic acid groups (broad SMARTS) is 1. The zero-order valence-corrected chi connectivity index (χ0v) is 10.1. The van der Waals surface area contributed by atoms with Crippen LogP contribution in [0.4, 0.5) is 4.79 Å². The molecule has 1 aliphatic heterocycles. The fourth-order valence-corrected chi connectivity index (χ4v) is 1.81. The van der Waals surface area contributed by atoms with Gasteiger partial charge in [-0.05, 0) is 19.3 Å². The molecule has 17 heavy (non-hydrogen) atoms. The van der Waals surface area contributed by atoms with Crippen LogP contribution in [0.1, 0.15) is 26.2 Å². The van der Waals surface area contributed by atoms with E-state index in [9.17, 15) is 9.59 Å². The molecule has 1 heterocycles. The second-order valence-electron chi connectivity index (χ2n) is 4.18. The molecule has 0 aromatic heterocycles. The first-order valence-corrected chi connectivity index (χ1v) is 5.98. The van der Waals surface area contributed by atoms with Crippen molar-refractivity contribution in [1.29, 1.82) is 0 Å². The lowest BCUT2D eigenvalue weighted by atomic mass is 10.1. The number of aliphatic carboxylic acids is 1. The van der Waals surface area contributed by atoms with Crippen molar-refractivity contribution in [3.63, 3.8) is 0 Å². The largest absolute Gasteiger partial charge is 0.480 e. The van der Waals surface area contributed by atoms with Gasteiger partial charge in [-0.25, -0.2) is 4.79 Å². The van der Waals surface area contributed by atoms with Crippen molar-refractivity contribution < 1.29 is 19.4 Å². The molecule has 1 aliphatic rings. The summed E-state index contributed by atoms with van der Waals surface area (Å²) in [4.78, 5) is 23.8. The van der Waals surface area contributed by atoms with Crippen LogP contribution in [0, 0.1) is 0 Å². The molecule has 0 bridgehead atoms. The van der Waals surface area contributed by atoms with Crippen molar-refractivity contribution in [2.75, 3.05) is 26.3 Å². The number of hydrogen-bond acceptors (Lipinski definition) is 3. The van der Waals surface area contributed by atoms with Crippen LogP contribution < -0.4 is 5.32 Å². The van der Waals surface area contributed by atoms with Gasteiger partial charge in [0.1, 0.15) is 6.54 Å². The molecular formula is C11H20N2O4. The number of nitrogens with one attached hydrogen (secondary N) is 1. The van der Waals surface area contributed by atoms with Crippen LogP contribution in [0.15, 0.2) is 0 Å². The summed E-state index contributed by atoms with van der Waals surface area (Å²) in [5, 5.41) is 11.5. The Balaban J connectivity index is 2.42. The Labute approximate surface area is 101 Å². The van der Waals surface area contributed by atoms with Crippen LogP contribution in [-0.2, 0) is 9.53 Å². The third-order valence-corrected chi connectivity index (χ3v) is 2.59. The second-order valence-corrected chi connectivity index (χ2v) is 4.18. The summed E-state index contributed by atoms with van der Waals surface area (Å²) in [6.45, 7) is 3.35. The molecular weight excluding hydrogens is 224 g/mol. The lowest BCUT2D eigenvalue weighted by Crippen LogP contribution is -2.49. The SMILES string of the molecule is CCCN(CC(=O)O)C(=O)NC1CCCOC1. The summed E-state index contributed by atoms with van der Waals surface area (Å²) in [7, 11) is 0. The van der Waals surface area contributed by atoms with E-state index in [1.54, 1.807) is 0 Å². The van der Waals surface area contributed by atoms with Crippen LogP contribution in [0.2, 0.25) is 0 Å². The maximum Gasteiger partial charge on any atom is 0.323 e. The van der Waals surface area contributed by atoms with Gasteiger partial charge in [-0.3, -0.25) is 4.79 Å². The zero-order valence-electron chi connectivity index (χ0n) is 10.1. The van der Waals surface area contributed by atoms with E-state index in [4.69, 9.17) is 9.84 Å². The number of ether oxygens (including phenoxy) is 1. The number of nitrogens with zero attached hydrogens (tertiary/aromatic N) is 1. The van der Waals surface area contributed by atoms with Gasteiger partial charge in [-0.15, -0.1) is 0 Å². The molecule has 0 saturated carbocycles. The van der Waals surface area contributed by atoms with Gasteiger partial charge in [0.05, 0.1) is 12.6 Å². The minimum Gasteiger partial charge on any atom is -0.480 e. The minimum atomic E-state index is -0.992. The summed E-state index contributed by atoms with van der Waals surface area (Å²) >= 11 is 0. The predicted octanol–water partition coefficient (Wildman–Crippen LogP) is 0.672. The Morgan fingerprint density at radius 1 is 1.53 bits per heavy atom.